The molecule has 0 spiro atoms. The molecule has 4 aliphatic rings. The fraction of sp³-hybridized carbons (Fsp3) is 0.920. The predicted octanol–water partition coefficient (Wildman–Crippen LogP) is 7.93. The minimum atomic E-state index is 0.700. The molecule has 4 rings (SSSR count). The van der Waals surface area contributed by atoms with E-state index >= 15 is 0 Å². The van der Waals surface area contributed by atoms with Crippen LogP contribution in [0.1, 0.15) is 111 Å². The molecule has 0 aromatic carbocycles. The first-order valence-corrected chi connectivity index (χ1v) is 11.8. The fourth-order valence-corrected chi connectivity index (χ4v) is 7.71. The van der Waals surface area contributed by atoms with Crippen molar-refractivity contribution >= 4 is 0 Å². The molecule has 2 fully saturated rings. The van der Waals surface area contributed by atoms with Crippen molar-refractivity contribution in [3.63, 3.8) is 0 Å². The lowest BCUT2D eigenvalue weighted by Crippen LogP contribution is -2.43. The summed E-state index contributed by atoms with van der Waals surface area (Å²) in [6, 6.07) is 0. The van der Waals surface area contributed by atoms with Crippen molar-refractivity contribution in [2.24, 2.45) is 35.0 Å². The molecule has 25 heavy (non-hydrogen) atoms. The summed E-state index contributed by atoms with van der Waals surface area (Å²) >= 11 is 0. The molecule has 2 saturated carbocycles. The molecule has 0 saturated heterocycles. The monoisotopic (exact) mass is 342 g/mol. The molecule has 0 amide bonds. The van der Waals surface area contributed by atoms with Gasteiger partial charge in [-0.15, -0.1) is 0 Å². The van der Waals surface area contributed by atoms with Crippen LogP contribution < -0.4 is 0 Å². The van der Waals surface area contributed by atoms with Crippen molar-refractivity contribution in [1.29, 1.82) is 0 Å². The van der Waals surface area contributed by atoms with E-state index in [4.69, 9.17) is 0 Å². The zero-order valence-electron chi connectivity index (χ0n) is 17.3. The van der Waals surface area contributed by atoms with E-state index in [2.05, 4.69) is 20.8 Å². The maximum atomic E-state index is 2.72. The third kappa shape index (κ3) is 3.37. The van der Waals surface area contributed by atoms with Gasteiger partial charge in [-0.05, 0) is 106 Å². The van der Waals surface area contributed by atoms with Gasteiger partial charge in [0.05, 0.1) is 0 Å². The molecule has 0 heterocycles. The molecule has 4 aliphatic carbocycles. The van der Waals surface area contributed by atoms with E-state index in [-0.39, 0.29) is 0 Å². The second kappa shape index (κ2) is 7.40. The lowest BCUT2D eigenvalue weighted by atomic mass is 9.53. The summed E-state index contributed by atoms with van der Waals surface area (Å²) in [4.78, 5) is 0. The van der Waals surface area contributed by atoms with Crippen LogP contribution in [0, 0.1) is 35.0 Å². The van der Waals surface area contributed by atoms with Crippen LogP contribution in [0.3, 0.4) is 0 Å². The van der Waals surface area contributed by atoms with Crippen LogP contribution in [0.25, 0.3) is 0 Å². The molecule has 0 radical (unpaired) electrons. The second-order valence-corrected chi connectivity index (χ2v) is 10.7. The van der Waals surface area contributed by atoms with E-state index in [0.29, 0.717) is 5.41 Å². The summed E-state index contributed by atoms with van der Waals surface area (Å²) in [7, 11) is 0. The third-order valence-corrected chi connectivity index (χ3v) is 9.07. The zero-order valence-corrected chi connectivity index (χ0v) is 17.3. The van der Waals surface area contributed by atoms with E-state index in [0.717, 1.165) is 29.6 Å². The van der Waals surface area contributed by atoms with Crippen LogP contribution in [-0.2, 0) is 0 Å². The van der Waals surface area contributed by atoms with E-state index in [9.17, 15) is 0 Å². The Kier molecular flexibility index (Phi) is 5.36. The van der Waals surface area contributed by atoms with Gasteiger partial charge in [0.1, 0.15) is 0 Å². The lowest BCUT2D eigenvalue weighted by molar-refractivity contribution is 0.0103. The van der Waals surface area contributed by atoms with E-state index in [1.54, 1.807) is 32.1 Å². The predicted molar refractivity (Wildman–Crippen MR) is 109 cm³/mol. The zero-order chi connectivity index (χ0) is 17.4. The van der Waals surface area contributed by atoms with Gasteiger partial charge in [0.2, 0.25) is 0 Å². The van der Waals surface area contributed by atoms with Crippen molar-refractivity contribution in [3.8, 4) is 0 Å². The molecule has 0 aliphatic heterocycles. The van der Waals surface area contributed by atoms with Gasteiger partial charge >= 0.3 is 0 Å². The van der Waals surface area contributed by atoms with E-state index < -0.39 is 0 Å². The Morgan fingerprint density at radius 1 is 0.960 bits per heavy atom. The van der Waals surface area contributed by atoms with Gasteiger partial charge in [0, 0.05) is 0 Å². The van der Waals surface area contributed by atoms with Gasteiger partial charge in [-0.3, -0.25) is 0 Å². The summed E-state index contributed by atoms with van der Waals surface area (Å²) in [5.41, 5.74) is 4.62. The Bertz CT molecular complexity index is 498. The second-order valence-electron chi connectivity index (χ2n) is 10.7. The average Bonchev–Trinajstić information content (AvgIpc) is 2.95. The van der Waals surface area contributed by atoms with E-state index in [1.165, 1.54) is 57.8 Å². The summed E-state index contributed by atoms with van der Waals surface area (Å²) < 4.78 is 0. The molecule has 5 atom stereocenters. The van der Waals surface area contributed by atoms with Gasteiger partial charge in [-0.1, -0.05) is 51.2 Å². The third-order valence-electron chi connectivity index (χ3n) is 9.07. The van der Waals surface area contributed by atoms with Crippen molar-refractivity contribution in [3.05, 3.63) is 11.1 Å². The van der Waals surface area contributed by atoms with Crippen LogP contribution >= 0.6 is 0 Å². The number of allylic oxidation sites excluding steroid dienone is 2. The van der Waals surface area contributed by atoms with Gasteiger partial charge < -0.3 is 0 Å². The van der Waals surface area contributed by atoms with E-state index in [1.807, 2.05) is 11.1 Å². The molecule has 0 aromatic rings. The molecular formula is C25H42. The lowest BCUT2D eigenvalue weighted by Gasteiger charge is -2.52. The molecular weight excluding hydrogens is 300 g/mol. The largest absolute Gasteiger partial charge is 0.0707 e. The molecule has 0 heteroatoms. The molecule has 0 aromatic heterocycles. The Hall–Kier alpha value is -0.260. The topological polar surface area (TPSA) is 0 Å². The Balaban J connectivity index is 1.42. The van der Waals surface area contributed by atoms with Crippen LogP contribution in [0.15, 0.2) is 11.1 Å². The highest BCUT2D eigenvalue weighted by Crippen LogP contribution is 2.63. The highest BCUT2D eigenvalue weighted by atomic mass is 14.6. The molecule has 0 bridgehead atoms. The fourth-order valence-electron chi connectivity index (χ4n) is 7.71. The van der Waals surface area contributed by atoms with Crippen molar-refractivity contribution < 1.29 is 0 Å². The Labute approximate surface area is 157 Å². The highest BCUT2D eigenvalue weighted by molar-refractivity contribution is 5.26. The number of fused-ring (bicyclic) bond motifs is 4. The van der Waals surface area contributed by atoms with Gasteiger partial charge in [0.15, 0.2) is 0 Å². The standard InChI is InChI=1S/C25H42/c1-18(2)8-4-6-10-20-13-15-24-23-14-12-19-9-5-7-11-21(19)22(23)16-17-25(20,24)3/h18,20,22-24H,4-17H2,1-3H3. The first kappa shape index (κ1) is 18.1. The van der Waals surface area contributed by atoms with Crippen LogP contribution in [-0.4, -0.2) is 0 Å². The number of rotatable bonds is 5. The number of hydrogen-bond donors (Lipinski definition) is 0. The SMILES string of the molecule is CC(C)CCCCC1CCC2C3CCC4=C(CCCC4)C3CCC12C. The summed E-state index contributed by atoms with van der Waals surface area (Å²) in [6.07, 6.45) is 21.1. The quantitative estimate of drug-likeness (QED) is 0.351. The minimum absolute atomic E-state index is 0.700. The van der Waals surface area contributed by atoms with Crippen LogP contribution in [0.4, 0.5) is 0 Å². The molecule has 5 unspecified atom stereocenters. The van der Waals surface area contributed by atoms with Crippen molar-refractivity contribution in [2.45, 2.75) is 111 Å². The van der Waals surface area contributed by atoms with Crippen molar-refractivity contribution in [2.75, 3.05) is 0 Å². The minimum Gasteiger partial charge on any atom is -0.0707 e. The number of unbranched alkanes of at least 4 members (excludes halogenated alkanes) is 1. The summed E-state index contributed by atoms with van der Waals surface area (Å²) in [6.45, 7) is 7.48. The molecule has 0 nitrogen and oxygen atoms in total. The smallest absolute Gasteiger partial charge is 0.0169 e. The molecule has 0 N–H and O–H groups in total. The van der Waals surface area contributed by atoms with Crippen LogP contribution in [0.2, 0.25) is 0 Å². The Morgan fingerprint density at radius 2 is 1.80 bits per heavy atom. The van der Waals surface area contributed by atoms with Gasteiger partial charge in [-0.25, -0.2) is 0 Å². The Morgan fingerprint density at radius 3 is 2.64 bits per heavy atom. The van der Waals surface area contributed by atoms with Gasteiger partial charge in [-0.2, -0.15) is 0 Å². The normalized spacial score (nSPS) is 40.8. The first-order valence-electron chi connectivity index (χ1n) is 11.8. The summed E-state index contributed by atoms with van der Waals surface area (Å²) in [5, 5.41) is 0. The maximum absolute atomic E-state index is 2.72. The highest BCUT2D eigenvalue weighted by Gasteiger charge is 2.54. The van der Waals surface area contributed by atoms with Crippen molar-refractivity contribution in [1.82, 2.24) is 0 Å². The maximum Gasteiger partial charge on any atom is -0.0169 e. The summed E-state index contributed by atoms with van der Waals surface area (Å²) in [5.74, 6) is 5.09. The van der Waals surface area contributed by atoms with Gasteiger partial charge in [0.25, 0.3) is 0 Å². The average molecular weight is 343 g/mol. The molecule has 142 valence electrons. The van der Waals surface area contributed by atoms with Crippen LogP contribution in [0.5, 0.6) is 0 Å². The first-order chi connectivity index (χ1) is 12.1. The number of hydrogen-bond acceptors (Lipinski definition) is 0.